The van der Waals surface area contributed by atoms with Gasteiger partial charge in [-0.25, -0.2) is 4.79 Å². The lowest BCUT2D eigenvalue weighted by Gasteiger charge is -2.40. The summed E-state index contributed by atoms with van der Waals surface area (Å²) in [6, 6.07) is 22.7. The second-order valence-electron chi connectivity index (χ2n) is 13.0. The average molecular weight is 622 g/mol. The Hall–Kier alpha value is -4.92. The Morgan fingerprint density at radius 1 is 0.761 bits per heavy atom. The highest BCUT2D eigenvalue weighted by Crippen LogP contribution is 2.37. The summed E-state index contributed by atoms with van der Waals surface area (Å²) in [4.78, 5) is 60.1. The lowest BCUT2D eigenvalue weighted by molar-refractivity contribution is -0.148. The summed E-state index contributed by atoms with van der Waals surface area (Å²) >= 11 is 0. The first-order valence-electron chi connectivity index (χ1n) is 15.6. The van der Waals surface area contributed by atoms with E-state index in [1.165, 1.54) is 12.0 Å². The molecule has 0 unspecified atom stereocenters. The molecule has 0 saturated heterocycles. The van der Waals surface area contributed by atoms with Crippen molar-refractivity contribution < 1.29 is 28.7 Å². The summed E-state index contributed by atoms with van der Waals surface area (Å²) in [6.07, 6.45) is 2.08. The third-order valence-corrected chi connectivity index (χ3v) is 8.84. The minimum atomic E-state index is -0.933. The lowest BCUT2D eigenvalue weighted by Crippen LogP contribution is -2.57. The summed E-state index contributed by atoms with van der Waals surface area (Å²) in [7, 11) is 1.34. The van der Waals surface area contributed by atoms with Gasteiger partial charge < -0.3 is 19.3 Å². The number of rotatable bonds is 5. The topological polar surface area (TPSA) is 96.5 Å². The van der Waals surface area contributed by atoms with Gasteiger partial charge in [0, 0.05) is 25.6 Å². The number of anilines is 1. The van der Waals surface area contributed by atoms with E-state index >= 15 is 0 Å². The van der Waals surface area contributed by atoms with Crippen molar-refractivity contribution in [2.45, 2.75) is 70.3 Å². The molecule has 3 heterocycles. The van der Waals surface area contributed by atoms with Crippen LogP contribution in [0.1, 0.15) is 49.4 Å². The Morgan fingerprint density at radius 2 is 1.41 bits per heavy atom. The van der Waals surface area contributed by atoms with E-state index in [9.17, 15) is 19.2 Å². The molecule has 3 aliphatic rings. The molecule has 3 aliphatic heterocycles. The molecule has 46 heavy (non-hydrogen) atoms. The Morgan fingerprint density at radius 3 is 2.11 bits per heavy atom. The van der Waals surface area contributed by atoms with Crippen molar-refractivity contribution in [1.29, 1.82) is 0 Å². The number of hydrogen-bond donors (Lipinski definition) is 0. The highest BCUT2D eigenvalue weighted by molar-refractivity contribution is 6.03. The number of amides is 3. The summed E-state index contributed by atoms with van der Waals surface area (Å²) in [5.41, 5.74) is 4.54. The molecule has 3 amide bonds. The van der Waals surface area contributed by atoms with E-state index in [2.05, 4.69) is 0 Å². The fraction of sp³-hybridized carbons (Fsp3) is 0.351. The maximum absolute atomic E-state index is 14.7. The van der Waals surface area contributed by atoms with E-state index in [4.69, 9.17) is 9.47 Å². The molecule has 0 radical (unpaired) electrons. The van der Waals surface area contributed by atoms with E-state index < -0.39 is 35.8 Å². The second-order valence-corrected chi connectivity index (χ2v) is 13.0. The van der Waals surface area contributed by atoms with Gasteiger partial charge in [0.05, 0.1) is 19.2 Å². The number of hydrogen-bond acceptors (Lipinski definition) is 6. The van der Waals surface area contributed by atoms with Crippen molar-refractivity contribution in [3.05, 3.63) is 107 Å². The van der Waals surface area contributed by atoms with Crippen LogP contribution in [0.5, 0.6) is 0 Å². The number of carbonyl (C=O) groups excluding carboxylic acids is 4. The number of benzene rings is 3. The summed E-state index contributed by atoms with van der Waals surface area (Å²) in [5, 5.41) is 0. The first-order valence-corrected chi connectivity index (χ1v) is 15.6. The van der Waals surface area contributed by atoms with Crippen LogP contribution in [0, 0.1) is 0 Å². The monoisotopic (exact) mass is 621 g/mol. The molecule has 0 fully saturated rings. The molecule has 0 saturated carbocycles. The van der Waals surface area contributed by atoms with Crippen LogP contribution < -0.4 is 4.90 Å². The van der Waals surface area contributed by atoms with Crippen LogP contribution in [0.2, 0.25) is 0 Å². The van der Waals surface area contributed by atoms with Gasteiger partial charge >= 0.3 is 12.1 Å². The molecule has 0 aliphatic carbocycles. The fourth-order valence-corrected chi connectivity index (χ4v) is 6.66. The Bertz CT molecular complexity index is 1690. The van der Waals surface area contributed by atoms with Crippen LogP contribution in [0.25, 0.3) is 5.57 Å². The number of nitrogens with zero attached hydrogens (tertiary/aromatic N) is 3. The normalized spacial score (nSPS) is 20.5. The summed E-state index contributed by atoms with van der Waals surface area (Å²) in [5.74, 6) is -1.02. The number of methoxy groups -OCH3 is 1. The van der Waals surface area contributed by atoms with Crippen LogP contribution in [0.15, 0.2) is 84.9 Å². The Kier molecular flexibility index (Phi) is 8.42. The molecule has 0 bridgehead atoms. The summed E-state index contributed by atoms with van der Waals surface area (Å²) in [6.45, 7) is 5.87. The highest BCUT2D eigenvalue weighted by Gasteiger charge is 2.47. The lowest BCUT2D eigenvalue weighted by atomic mass is 9.91. The molecule has 3 atom stereocenters. The third-order valence-electron chi connectivity index (χ3n) is 8.84. The van der Waals surface area contributed by atoms with Gasteiger partial charge in [0.15, 0.2) is 0 Å². The molecule has 0 spiro atoms. The van der Waals surface area contributed by atoms with E-state index in [1.807, 2.05) is 84.9 Å². The van der Waals surface area contributed by atoms with Crippen LogP contribution in [0.4, 0.5) is 10.5 Å². The third kappa shape index (κ3) is 6.14. The van der Waals surface area contributed by atoms with Gasteiger partial charge in [-0.1, -0.05) is 72.8 Å². The maximum atomic E-state index is 14.7. The number of carbonyl (C=O) groups is 4. The molecule has 238 valence electrons. The Labute approximate surface area is 269 Å². The highest BCUT2D eigenvalue weighted by atomic mass is 16.6. The van der Waals surface area contributed by atoms with Crippen molar-refractivity contribution in [3.8, 4) is 0 Å². The van der Waals surface area contributed by atoms with E-state index in [-0.39, 0.29) is 24.8 Å². The SMILES string of the molecule is COC(=O)C[C@H]1Cc2ccccc2CN1C(=O)[C@H]1C=C(c2ccccc2)CN1C(=O)[C@H]1Cc2ccccc2N1C(=O)OC(C)(C)C. The average Bonchev–Trinajstić information content (AvgIpc) is 3.66. The molecule has 3 aromatic carbocycles. The van der Waals surface area contributed by atoms with Gasteiger partial charge in [-0.2, -0.15) is 0 Å². The van der Waals surface area contributed by atoms with Crippen LogP contribution in [-0.4, -0.2) is 71.1 Å². The first-order chi connectivity index (χ1) is 22.0. The maximum Gasteiger partial charge on any atom is 0.415 e. The number of ether oxygens (including phenoxy) is 2. The second kappa shape index (κ2) is 12.5. The zero-order chi connectivity index (χ0) is 32.6. The van der Waals surface area contributed by atoms with Crippen LogP contribution in [-0.2, 0) is 43.2 Å². The molecule has 3 aromatic rings. The number of fused-ring (bicyclic) bond motifs is 2. The van der Waals surface area contributed by atoms with Crippen molar-refractivity contribution in [3.63, 3.8) is 0 Å². The van der Waals surface area contributed by atoms with Gasteiger partial charge in [-0.05, 0) is 67.2 Å². The summed E-state index contributed by atoms with van der Waals surface area (Å²) < 4.78 is 10.8. The minimum absolute atomic E-state index is 0.0385. The van der Waals surface area contributed by atoms with Crippen molar-refractivity contribution in [1.82, 2.24) is 9.80 Å². The predicted molar refractivity (Wildman–Crippen MR) is 174 cm³/mol. The van der Waals surface area contributed by atoms with Gasteiger partial charge in [0.25, 0.3) is 0 Å². The molecular formula is C37H39N3O6. The predicted octanol–water partition coefficient (Wildman–Crippen LogP) is 5.16. The molecule has 0 N–H and O–H groups in total. The molecule has 6 rings (SSSR count). The van der Waals surface area contributed by atoms with Gasteiger partial charge in [-0.3, -0.25) is 19.3 Å². The van der Waals surface area contributed by atoms with E-state index in [0.717, 1.165) is 27.8 Å². The van der Waals surface area contributed by atoms with Gasteiger partial charge in [-0.15, -0.1) is 0 Å². The smallest absolute Gasteiger partial charge is 0.415 e. The fourth-order valence-electron chi connectivity index (χ4n) is 6.66. The number of para-hydroxylation sites is 1. The van der Waals surface area contributed by atoms with Gasteiger partial charge in [0.2, 0.25) is 11.8 Å². The van der Waals surface area contributed by atoms with E-state index in [1.54, 1.807) is 30.6 Å². The van der Waals surface area contributed by atoms with Crippen molar-refractivity contribution in [2.75, 3.05) is 18.6 Å². The van der Waals surface area contributed by atoms with Gasteiger partial charge in [0.1, 0.15) is 17.7 Å². The molecule has 0 aromatic heterocycles. The zero-order valence-corrected chi connectivity index (χ0v) is 26.6. The number of esters is 1. The van der Waals surface area contributed by atoms with Crippen LogP contribution in [0.3, 0.4) is 0 Å². The minimum Gasteiger partial charge on any atom is -0.469 e. The first kappa shape index (κ1) is 31.1. The van der Waals surface area contributed by atoms with E-state index in [0.29, 0.717) is 25.1 Å². The quantitative estimate of drug-likeness (QED) is 0.365. The van der Waals surface area contributed by atoms with Crippen molar-refractivity contribution in [2.24, 2.45) is 0 Å². The molecule has 9 heteroatoms. The standard InChI is InChI=1S/C37H39N3O6/c1-37(2,3)46-36(44)40-30-17-11-10-15-26(30)19-32(40)35(43)39-23-28(24-12-6-5-7-13-24)20-31(39)34(42)38-22-27-16-9-8-14-25(27)18-29(38)21-33(41)45-4/h5-17,20,29,31-32H,18-19,21-23H2,1-4H3/t29-,31-,32-/m1/s1. The Balaban J connectivity index is 1.36. The zero-order valence-electron chi connectivity index (χ0n) is 26.6. The van der Waals surface area contributed by atoms with Crippen LogP contribution >= 0.6 is 0 Å². The van der Waals surface area contributed by atoms with Crippen molar-refractivity contribution >= 4 is 35.1 Å². The molecular weight excluding hydrogens is 582 g/mol. The molecule has 9 nitrogen and oxygen atoms in total. The largest absolute Gasteiger partial charge is 0.469 e.